The van der Waals surface area contributed by atoms with Crippen LogP contribution in [0.3, 0.4) is 0 Å². The number of carboxylic acids is 1. The number of amides is 1. The van der Waals surface area contributed by atoms with Crippen molar-refractivity contribution < 1.29 is 14.7 Å². The monoisotopic (exact) mass is 375 g/mol. The number of nitrogens with one attached hydrogen (secondary N) is 1. The van der Waals surface area contributed by atoms with E-state index in [0.29, 0.717) is 24.5 Å². The second-order valence-electron chi connectivity index (χ2n) is 5.66. The van der Waals surface area contributed by atoms with E-state index >= 15 is 0 Å². The molecule has 138 valence electrons. The summed E-state index contributed by atoms with van der Waals surface area (Å²) in [6, 6.07) is 9.52. The Kier molecular flexibility index (Phi) is 7.10. The zero-order valence-corrected chi connectivity index (χ0v) is 14.9. The highest BCUT2D eigenvalue weighted by Gasteiger charge is 2.16. The maximum absolute atomic E-state index is 12.1. The second kappa shape index (κ2) is 9.52. The molecule has 9 heteroatoms. The Morgan fingerprint density at radius 2 is 2.00 bits per heavy atom. The van der Waals surface area contributed by atoms with Crippen molar-refractivity contribution in [3.05, 3.63) is 47.0 Å². The third-order valence-corrected chi connectivity index (χ3v) is 4.39. The molecule has 0 spiro atoms. The van der Waals surface area contributed by atoms with Crippen LogP contribution in [0.2, 0.25) is 0 Å². The molecule has 2 aromatic rings. The highest BCUT2D eigenvalue weighted by molar-refractivity contribution is 7.13. The molecule has 0 aliphatic carbocycles. The summed E-state index contributed by atoms with van der Waals surface area (Å²) < 4.78 is 0. The molecule has 1 atom stereocenters. The Balaban J connectivity index is 1.84. The van der Waals surface area contributed by atoms with Crippen molar-refractivity contribution >= 4 is 34.3 Å². The van der Waals surface area contributed by atoms with Crippen LogP contribution >= 0.6 is 11.3 Å². The molecule has 0 aliphatic rings. The number of nitrogens with zero attached hydrogens (tertiary/aromatic N) is 2. The van der Waals surface area contributed by atoms with E-state index in [1.807, 2.05) is 30.3 Å². The molecule has 0 saturated heterocycles. The Hall–Kier alpha value is -2.94. The number of carbonyl (C=O) groups is 2. The van der Waals surface area contributed by atoms with Gasteiger partial charge in [0.15, 0.2) is 5.96 Å². The minimum absolute atomic E-state index is 0.0614. The normalized spacial score (nSPS) is 11.5. The first-order chi connectivity index (χ1) is 12.5. The number of hydrogen-bond donors (Lipinski definition) is 4. The molecular weight excluding hydrogens is 354 g/mol. The molecule has 1 aromatic carbocycles. The standard InChI is InChI=1S/C17H21N5O3S/c18-16(19)22-17-21-13(10-26-17)15(25)20-8-4-7-12(9-14(23)24)11-5-2-1-3-6-11/h1-3,5-6,10,12H,4,7-9H2,(H,20,25)(H,23,24)(H4,18,19,21,22). The maximum Gasteiger partial charge on any atom is 0.303 e. The van der Waals surface area contributed by atoms with Crippen LogP contribution in [0.5, 0.6) is 0 Å². The summed E-state index contributed by atoms with van der Waals surface area (Å²) in [5.41, 5.74) is 11.8. The highest BCUT2D eigenvalue weighted by atomic mass is 32.1. The van der Waals surface area contributed by atoms with Gasteiger partial charge in [-0.05, 0) is 24.3 Å². The molecule has 0 bridgehead atoms. The van der Waals surface area contributed by atoms with Gasteiger partial charge in [-0.15, -0.1) is 11.3 Å². The van der Waals surface area contributed by atoms with Gasteiger partial charge < -0.3 is 21.9 Å². The quantitative estimate of drug-likeness (QED) is 0.299. The molecule has 8 nitrogen and oxygen atoms in total. The maximum atomic E-state index is 12.1. The summed E-state index contributed by atoms with van der Waals surface area (Å²) in [5.74, 6) is -1.35. The summed E-state index contributed by atoms with van der Waals surface area (Å²) in [4.78, 5) is 31.0. The molecule has 0 fully saturated rings. The van der Waals surface area contributed by atoms with Crippen LogP contribution in [0.4, 0.5) is 5.13 Å². The van der Waals surface area contributed by atoms with E-state index in [2.05, 4.69) is 15.3 Å². The summed E-state index contributed by atoms with van der Waals surface area (Å²) >= 11 is 1.17. The topological polar surface area (TPSA) is 144 Å². The Morgan fingerprint density at radius 3 is 2.65 bits per heavy atom. The molecule has 1 aromatic heterocycles. The molecule has 1 amide bonds. The average molecular weight is 375 g/mol. The van der Waals surface area contributed by atoms with Gasteiger partial charge in [-0.2, -0.15) is 4.99 Å². The lowest BCUT2D eigenvalue weighted by molar-refractivity contribution is -0.137. The molecule has 6 N–H and O–H groups in total. The predicted molar refractivity (Wildman–Crippen MR) is 101 cm³/mol. The number of carbonyl (C=O) groups excluding carboxylic acids is 1. The van der Waals surface area contributed by atoms with Crippen molar-refractivity contribution in [1.29, 1.82) is 0 Å². The molecule has 0 aliphatic heterocycles. The van der Waals surface area contributed by atoms with Gasteiger partial charge in [0.2, 0.25) is 5.13 Å². The summed E-state index contributed by atoms with van der Waals surface area (Å²) in [7, 11) is 0. The van der Waals surface area contributed by atoms with Gasteiger partial charge in [0.05, 0.1) is 6.42 Å². The van der Waals surface area contributed by atoms with Crippen molar-refractivity contribution in [2.24, 2.45) is 16.5 Å². The van der Waals surface area contributed by atoms with E-state index in [0.717, 1.165) is 5.56 Å². The van der Waals surface area contributed by atoms with Crippen molar-refractivity contribution in [3.63, 3.8) is 0 Å². The van der Waals surface area contributed by atoms with Gasteiger partial charge in [0.25, 0.3) is 5.91 Å². The number of guanidine groups is 1. The number of benzene rings is 1. The third-order valence-electron chi connectivity index (χ3n) is 3.66. The van der Waals surface area contributed by atoms with Gasteiger partial charge in [-0.3, -0.25) is 9.59 Å². The number of aliphatic carboxylic acids is 1. The van der Waals surface area contributed by atoms with E-state index in [1.165, 1.54) is 11.3 Å². The van der Waals surface area contributed by atoms with Gasteiger partial charge >= 0.3 is 5.97 Å². The number of hydrogen-bond acceptors (Lipinski definition) is 5. The predicted octanol–water partition coefficient (Wildman–Crippen LogP) is 1.82. The Labute approximate surface area is 155 Å². The summed E-state index contributed by atoms with van der Waals surface area (Å²) in [5, 5.41) is 13.8. The lowest BCUT2D eigenvalue weighted by Crippen LogP contribution is -2.25. The zero-order chi connectivity index (χ0) is 18.9. The number of aliphatic imine (C=N–C) groups is 1. The van der Waals surface area contributed by atoms with Gasteiger partial charge in [0.1, 0.15) is 5.69 Å². The molecule has 1 unspecified atom stereocenters. The van der Waals surface area contributed by atoms with Crippen LogP contribution in [0.1, 0.15) is 41.2 Å². The lowest BCUT2D eigenvalue weighted by Gasteiger charge is -2.15. The van der Waals surface area contributed by atoms with Crippen LogP contribution in [-0.4, -0.2) is 34.5 Å². The first kappa shape index (κ1) is 19.4. The number of carboxylic acid groups (broad SMARTS) is 1. The summed E-state index contributed by atoms with van der Waals surface area (Å²) in [6.45, 7) is 0.428. The van der Waals surface area contributed by atoms with Crippen molar-refractivity contribution in [2.45, 2.75) is 25.2 Å². The van der Waals surface area contributed by atoms with E-state index in [1.54, 1.807) is 5.38 Å². The van der Waals surface area contributed by atoms with Crippen molar-refractivity contribution in [1.82, 2.24) is 10.3 Å². The van der Waals surface area contributed by atoms with E-state index in [-0.39, 0.29) is 29.9 Å². The van der Waals surface area contributed by atoms with Crippen LogP contribution in [0, 0.1) is 0 Å². The fourth-order valence-corrected chi connectivity index (χ4v) is 3.18. The fraction of sp³-hybridized carbons (Fsp3) is 0.294. The van der Waals surface area contributed by atoms with E-state index < -0.39 is 5.97 Å². The van der Waals surface area contributed by atoms with E-state index in [9.17, 15) is 9.59 Å². The van der Waals surface area contributed by atoms with Gasteiger partial charge in [-0.1, -0.05) is 30.3 Å². The average Bonchev–Trinajstić information content (AvgIpc) is 3.05. The second-order valence-corrected chi connectivity index (χ2v) is 6.49. The first-order valence-corrected chi connectivity index (χ1v) is 8.93. The molecule has 0 saturated carbocycles. The van der Waals surface area contributed by atoms with E-state index in [4.69, 9.17) is 16.6 Å². The highest BCUT2D eigenvalue weighted by Crippen LogP contribution is 2.24. The minimum atomic E-state index is -0.836. The summed E-state index contributed by atoms with van der Waals surface area (Å²) in [6.07, 6.45) is 1.38. The molecule has 2 rings (SSSR count). The zero-order valence-electron chi connectivity index (χ0n) is 14.1. The lowest BCUT2D eigenvalue weighted by atomic mass is 9.91. The van der Waals surface area contributed by atoms with Crippen molar-refractivity contribution in [3.8, 4) is 0 Å². The van der Waals surface area contributed by atoms with Crippen LogP contribution in [0.25, 0.3) is 0 Å². The molecule has 0 radical (unpaired) electrons. The largest absolute Gasteiger partial charge is 0.481 e. The van der Waals surface area contributed by atoms with Crippen LogP contribution in [0.15, 0.2) is 40.7 Å². The Morgan fingerprint density at radius 1 is 1.27 bits per heavy atom. The SMILES string of the molecule is NC(N)=Nc1nc(C(=O)NCCCC(CC(=O)O)c2ccccc2)cs1. The third kappa shape index (κ3) is 6.17. The van der Waals surface area contributed by atoms with Gasteiger partial charge in [0, 0.05) is 11.9 Å². The molecule has 1 heterocycles. The molecule has 26 heavy (non-hydrogen) atoms. The number of rotatable bonds is 9. The number of nitrogens with two attached hydrogens (primary N) is 2. The van der Waals surface area contributed by atoms with Crippen molar-refractivity contribution in [2.75, 3.05) is 6.54 Å². The van der Waals surface area contributed by atoms with Crippen LogP contribution in [-0.2, 0) is 4.79 Å². The smallest absolute Gasteiger partial charge is 0.303 e. The number of thiazole rings is 1. The van der Waals surface area contributed by atoms with Crippen LogP contribution < -0.4 is 16.8 Å². The Bertz CT molecular complexity index is 772. The van der Waals surface area contributed by atoms with Gasteiger partial charge in [-0.25, -0.2) is 4.98 Å². The fourth-order valence-electron chi connectivity index (χ4n) is 2.49. The molecular formula is C17H21N5O3S. The first-order valence-electron chi connectivity index (χ1n) is 8.06. The minimum Gasteiger partial charge on any atom is -0.481 e. The number of aromatic nitrogens is 1.